The Labute approximate surface area is 97.3 Å². The molecule has 16 heavy (non-hydrogen) atoms. The summed E-state index contributed by atoms with van der Waals surface area (Å²) < 4.78 is 44.0. The van der Waals surface area contributed by atoms with Gasteiger partial charge in [-0.3, -0.25) is 0 Å². The molecule has 4 unspecified atom stereocenters. The van der Waals surface area contributed by atoms with Gasteiger partial charge >= 0.3 is 33.8 Å². The van der Waals surface area contributed by atoms with Crippen molar-refractivity contribution in [3.05, 3.63) is 10.4 Å². The van der Waals surface area contributed by atoms with Crippen molar-refractivity contribution in [3.63, 3.8) is 0 Å². The summed E-state index contributed by atoms with van der Waals surface area (Å²) in [5.41, 5.74) is 0. The van der Waals surface area contributed by atoms with E-state index in [1.807, 2.05) is 0 Å². The maximum atomic E-state index is 11.0. The predicted octanol–water partition coefficient (Wildman–Crippen LogP) is -0.896. The van der Waals surface area contributed by atoms with Crippen LogP contribution < -0.4 is 31.7 Å². The zero-order valence-corrected chi connectivity index (χ0v) is 12.0. The van der Waals surface area contributed by atoms with Gasteiger partial charge in [0.15, 0.2) is 0 Å². The standard InChI is InChI=1S/C8H4O4P4/c1-3-5(13-9)7(15-11)4(2)8(16-12)6(3)14-10/h1-2H2/p+4. The second kappa shape index (κ2) is 5.62. The fraction of sp³-hybridized carbons (Fsp3) is 0. The average Bonchev–Trinajstić information content (AvgIpc) is 2.30. The highest BCUT2D eigenvalue weighted by Gasteiger charge is 2.32. The Balaban J connectivity index is 4.05. The molecule has 1 aromatic carbocycles. The SMILES string of the molecule is C=c1c([PH+]=O)c([PH+]=O)c(=C)c([PH+]=O)c1[PH+]=O. The quantitative estimate of drug-likeness (QED) is 0.675. The normalized spacial score (nSPS) is 11.5. The van der Waals surface area contributed by atoms with Crippen LogP contribution in [0, 0.1) is 0 Å². The molecule has 0 aliphatic rings. The van der Waals surface area contributed by atoms with Crippen LogP contribution in [0.5, 0.6) is 0 Å². The van der Waals surface area contributed by atoms with Crippen molar-refractivity contribution in [2.24, 2.45) is 0 Å². The van der Waals surface area contributed by atoms with Crippen molar-refractivity contribution in [3.8, 4) is 0 Å². The molecule has 8 heteroatoms. The fourth-order valence-corrected chi connectivity index (χ4v) is 4.17. The first kappa shape index (κ1) is 13.4. The molecule has 80 valence electrons. The van der Waals surface area contributed by atoms with Gasteiger partial charge in [-0.05, 0) is 0 Å². The Morgan fingerprint density at radius 3 is 0.875 bits per heavy atom. The zero-order valence-electron chi connectivity index (χ0n) is 8.05. The summed E-state index contributed by atoms with van der Waals surface area (Å²) in [6.45, 7) is 7.28. The van der Waals surface area contributed by atoms with Crippen LogP contribution in [0.2, 0.25) is 0 Å². The van der Waals surface area contributed by atoms with Gasteiger partial charge in [-0.25, -0.2) is 0 Å². The summed E-state index contributed by atoms with van der Waals surface area (Å²) in [7, 11) is -3.40. The first-order valence-electron chi connectivity index (χ1n) is 4.02. The molecule has 1 rings (SSSR count). The van der Waals surface area contributed by atoms with E-state index in [9.17, 15) is 18.3 Å². The smallest absolute Gasteiger partial charge is 0.0822 e. The van der Waals surface area contributed by atoms with Crippen molar-refractivity contribution in [2.75, 3.05) is 0 Å². The molecule has 4 nitrogen and oxygen atoms in total. The summed E-state index contributed by atoms with van der Waals surface area (Å²) in [5.74, 6) is 0. The van der Waals surface area contributed by atoms with Gasteiger partial charge in [-0.1, -0.05) is 31.4 Å². The summed E-state index contributed by atoms with van der Waals surface area (Å²) in [5, 5.41) is 1.67. The Bertz CT molecular complexity index is 495. The van der Waals surface area contributed by atoms with Gasteiger partial charge in [0.1, 0.15) is 0 Å². The molecule has 0 fully saturated rings. The Kier molecular flexibility index (Phi) is 4.71. The number of benzene rings is 1. The van der Waals surface area contributed by atoms with Crippen LogP contribution in [0.25, 0.3) is 13.2 Å². The highest BCUT2D eigenvalue weighted by Crippen LogP contribution is 1.98. The van der Waals surface area contributed by atoms with E-state index in [1.54, 1.807) is 0 Å². The molecule has 0 saturated heterocycles. The van der Waals surface area contributed by atoms with Gasteiger partial charge in [-0.15, -0.1) is 0 Å². The lowest BCUT2D eigenvalue weighted by Crippen LogP contribution is -2.54. The number of hydrogen-bond acceptors (Lipinski definition) is 4. The molecule has 0 saturated carbocycles. The molecular formula is C8H8O4P4+4. The molecule has 0 aliphatic carbocycles. The van der Waals surface area contributed by atoms with Crippen molar-refractivity contribution in [1.82, 2.24) is 0 Å². The Hall–Kier alpha value is -0.640. The van der Waals surface area contributed by atoms with E-state index >= 15 is 0 Å². The molecule has 1 aromatic rings. The van der Waals surface area contributed by atoms with E-state index in [0.717, 1.165) is 0 Å². The third kappa shape index (κ3) is 2.08. The largest absolute Gasteiger partial charge is 0.368 e. The lowest BCUT2D eigenvalue weighted by atomic mass is 10.2. The second-order valence-corrected chi connectivity index (χ2v) is 5.68. The van der Waals surface area contributed by atoms with Crippen molar-refractivity contribution < 1.29 is 18.3 Å². The van der Waals surface area contributed by atoms with E-state index in [-0.39, 0.29) is 31.7 Å². The van der Waals surface area contributed by atoms with Gasteiger partial charge in [0.2, 0.25) is 0 Å². The molecule has 0 amide bonds. The molecular weight excluding hydrogens is 284 g/mol. The summed E-state index contributed by atoms with van der Waals surface area (Å²) >= 11 is 0. The minimum absolute atomic E-state index is 0.277. The first-order valence-corrected chi connectivity index (χ1v) is 7.66. The molecule has 0 N–H and O–H groups in total. The van der Waals surface area contributed by atoms with E-state index in [2.05, 4.69) is 13.2 Å². The maximum absolute atomic E-state index is 11.0. The van der Waals surface area contributed by atoms with E-state index in [1.165, 1.54) is 0 Å². The predicted molar refractivity (Wildman–Crippen MR) is 71.3 cm³/mol. The van der Waals surface area contributed by atoms with Gasteiger partial charge in [0.25, 0.3) is 21.2 Å². The van der Waals surface area contributed by atoms with E-state index in [0.29, 0.717) is 0 Å². The van der Waals surface area contributed by atoms with Crippen LogP contribution in [0.15, 0.2) is 0 Å². The molecule has 0 spiro atoms. The van der Waals surface area contributed by atoms with E-state index < -0.39 is 33.8 Å². The minimum Gasteiger partial charge on any atom is -0.0822 e. The summed E-state index contributed by atoms with van der Waals surface area (Å²) in [6, 6.07) is 0. The molecule has 4 atom stereocenters. The van der Waals surface area contributed by atoms with Gasteiger partial charge in [0.05, 0.1) is 10.4 Å². The van der Waals surface area contributed by atoms with Crippen LogP contribution in [-0.2, 0) is 18.3 Å². The molecule has 0 aromatic heterocycles. The highest BCUT2D eigenvalue weighted by molar-refractivity contribution is 7.44. The highest BCUT2D eigenvalue weighted by atomic mass is 31.1. The minimum atomic E-state index is -0.851. The van der Waals surface area contributed by atoms with Gasteiger partial charge < -0.3 is 0 Å². The topological polar surface area (TPSA) is 68.3 Å². The first-order chi connectivity index (χ1) is 7.62. The zero-order chi connectivity index (χ0) is 12.3. The number of hydrogen-bond donors (Lipinski definition) is 0. The third-order valence-electron chi connectivity index (χ3n) is 2.12. The molecule has 0 aliphatic heterocycles. The van der Waals surface area contributed by atoms with E-state index in [4.69, 9.17) is 0 Å². The Morgan fingerprint density at radius 1 is 0.562 bits per heavy atom. The third-order valence-corrected chi connectivity index (χ3v) is 5.64. The molecule has 0 heterocycles. The van der Waals surface area contributed by atoms with Crippen LogP contribution in [0.3, 0.4) is 0 Å². The Morgan fingerprint density at radius 2 is 0.750 bits per heavy atom. The monoisotopic (exact) mass is 292 g/mol. The maximum Gasteiger partial charge on any atom is 0.368 e. The molecule has 0 bridgehead atoms. The second-order valence-electron chi connectivity index (χ2n) is 2.87. The van der Waals surface area contributed by atoms with Crippen LogP contribution in [-0.4, -0.2) is 0 Å². The molecule has 0 radical (unpaired) electrons. The number of rotatable bonds is 4. The average molecular weight is 292 g/mol. The van der Waals surface area contributed by atoms with Crippen LogP contribution >= 0.6 is 33.8 Å². The summed E-state index contributed by atoms with van der Waals surface area (Å²) in [6.07, 6.45) is 0. The lowest BCUT2D eigenvalue weighted by Gasteiger charge is -1.87. The van der Waals surface area contributed by atoms with Crippen LogP contribution in [0.4, 0.5) is 0 Å². The summed E-state index contributed by atoms with van der Waals surface area (Å²) in [4.78, 5) is 0. The van der Waals surface area contributed by atoms with Crippen LogP contribution in [0.1, 0.15) is 0 Å². The van der Waals surface area contributed by atoms with Crippen molar-refractivity contribution >= 4 is 68.2 Å². The lowest BCUT2D eigenvalue weighted by molar-refractivity contribution is 0.600. The fourth-order valence-electron chi connectivity index (χ4n) is 1.30. The van der Waals surface area contributed by atoms with Crippen molar-refractivity contribution in [1.29, 1.82) is 0 Å². The van der Waals surface area contributed by atoms with Crippen molar-refractivity contribution in [2.45, 2.75) is 0 Å². The van der Waals surface area contributed by atoms with Gasteiger partial charge in [0, 0.05) is 0 Å². The van der Waals surface area contributed by atoms with Gasteiger partial charge in [-0.2, -0.15) is 0 Å².